The normalized spacial score (nSPS) is 16.2. The molecular weight excluding hydrogens is 302 g/mol. The Labute approximate surface area is 143 Å². The van der Waals surface area contributed by atoms with Crippen LogP contribution in [0.2, 0.25) is 0 Å². The van der Waals surface area contributed by atoms with Crippen LogP contribution in [0.4, 0.5) is 5.69 Å². The van der Waals surface area contributed by atoms with Crippen molar-refractivity contribution >= 4 is 11.6 Å². The van der Waals surface area contributed by atoms with E-state index in [0.29, 0.717) is 0 Å². The third-order valence-corrected chi connectivity index (χ3v) is 4.38. The number of likely N-dealkylation sites (tertiary alicyclic amines) is 1. The molecule has 1 aliphatic rings. The molecule has 1 saturated heterocycles. The van der Waals surface area contributed by atoms with Gasteiger partial charge in [-0.25, -0.2) is 0 Å². The molecule has 5 heteroatoms. The summed E-state index contributed by atoms with van der Waals surface area (Å²) in [6, 6.07) is 11.9. The van der Waals surface area contributed by atoms with Crippen molar-refractivity contribution in [3.63, 3.8) is 0 Å². The number of amides is 1. The maximum absolute atomic E-state index is 12.0. The average molecular weight is 327 g/mol. The van der Waals surface area contributed by atoms with Crippen molar-refractivity contribution in [2.24, 2.45) is 0 Å². The number of hydrogen-bond acceptors (Lipinski definition) is 4. The fourth-order valence-electron chi connectivity index (χ4n) is 2.98. The summed E-state index contributed by atoms with van der Waals surface area (Å²) < 4.78 is 5.32. The van der Waals surface area contributed by atoms with Crippen molar-refractivity contribution in [2.75, 3.05) is 25.0 Å². The van der Waals surface area contributed by atoms with Crippen molar-refractivity contribution in [1.29, 1.82) is 0 Å². The maximum atomic E-state index is 12.0. The number of carbonyl (C=O) groups is 1. The van der Waals surface area contributed by atoms with Gasteiger partial charge in [0, 0.05) is 12.2 Å². The molecule has 1 atom stereocenters. The molecule has 0 aliphatic carbocycles. The van der Waals surface area contributed by atoms with Crippen molar-refractivity contribution in [2.45, 2.75) is 32.4 Å². The number of furan rings is 1. The van der Waals surface area contributed by atoms with E-state index in [1.807, 2.05) is 31.2 Å². The molecule has 5 nitrogen and oxygen atoms in total. The molecular formula is C19H25N3O2. The SMILES string of the molecule is C[C@@H](NCC(=O)Nc1ccc(CN2CCCC2)cc1)c1ccco1. The molecule has 2 N–H and O–H groups in total. The molecule has 2 heterocycles. The summed E-state index contributed by atoms with van der Waals surface area (Å²) in [6.07, 6.45) is 4.24. The van der Waals surface area contributed by atoms with Gasteiger partial charge < -0.3 is 9.73 Å². The van der Waals surface area contributed by atoms with Crippen LogP contribution in [0.5, 0.6) is 0 Å². The van der Waals surface area contributed by atoms with Gasteiger partial charge in [-0.2, -0.15) is 0 Å². The van der Waals surface area contributed by atoms with Gasteiger partial charge in [-0.1, -0.05) is 12.1 Å². The molecule has 0 bridgehead atoms. The minimum Gasteiger partial charge on any atom is -0.468 e. The third kappa shape index (κ3) is 4.69. The molecule has 1 aromatic carbocycles. The number of rotatable bonds is 7. The zero-order valence-corrected chi connectivity index (χ0v) is 14.1. The Morgan fingerprint density at radius 2 is 1.96 bits per heavy atom. The van der Waals surface area contributed by atoms with Gasteiger partial charge in [0.05, 0.1) is 18.8 Å². The molecule has 0 radical (unpaired) electrons. The van der Waals surface area contributed by atoms with E-state index >= 15 is 0 Å². The Bertz CT molecular complexity index is 631. The van der Waals surface area contributed by atoms with Crippen LogP contribution in [0.1, 0.15) is 37.1 Å². The van der Waals surface area contributed by atoms with Crippen LogP contribution in [0.3, 0.4) is 0 Å². The first kappa shape index (κ1) is 16.7. The summed E-state index contributed by atoms with van der Waals surface area (Å²) in [7, 11) is 0. The highest BCUT2D eigenvalue weighted by molar-refractivity contribution is 5.92. The maximum Gasteiger partial charge on any atom is 0.238 e. The Kier molecular flexibility index (Phi) is 5.67. The van der Waals surface area contributed by atoms with Crippen molar-refractivity contribution in [3.8, 4) is 0 Å². The number of anilines is 1. The number of nitrogens with one attached hydrogen (secondary N) is 2. The van der Waals surface area contributed by atoms with E-state index in [4.69, 9.17) is 4.42 Å². The van der Waals surface area contributed by atoms with Crippen LogP contribution in [0.15, 0.2) is 47.1 Å². The van der Waals surface area contributed by atoms with Crippen LogP contribution in [0, 0.1) is 0 Å². The quantitative estimate of drug-likeness (QED) is 0.820. The van der Waals surface area contributed by atoms with Gasteiger partial charge in [-0.15, -0.1) is 0 Å². The van der Waals surface area contributed by atoms with Crippen LogP contribution in [-0.2, 0) is 11.3 Å². The first-order valence-electron chi connectivity index (χ1n) is 8.58. The average Bonchev–Trinajstić information content (AvgIpc) is 3.28. The predicted octanol–water partition coefficient (Wildman–Crippen LogP) is 3.16. The monoisotopic (exact) mass is 327 g/mol. The fourth-order valence-corrected chi connectivity index (χ4v) is 2.98. The van der Waals surface area contributed by atoms with Crippen LogP contribution in [0.25, 0.3) is 0 Å². The molecule has 0 saturated carbocycles. The Hall–Kier alpha value is -2.11. The highest BCUT2D eigenvalue weighted by Gasteiger charge is 2.12. The summed E-state index contributed by atoms with van der Waals surface area (Å²) in [5.74, 6) is 0.773. The second-order valence-corrected chi connectivity index (χ2v) is 6.35. The van der Waals surface area contributed by atoms with Gasteiger partial charge >= 0.3 is 0 Å². The summed E-state index contributed by atoms with van der Waals surface area (Å²) in [5.41, 5.74) is 2.12. The molecule has 1 amide bonds. The van der Waals surface area contributed by atoms with E-state index in [-0.39, 0.29) is 18.5 Å². The smallest absolute Gasteiger partial charge is 0.238 e. The first-order valence-corrected chi connectivity index (χ1v) is 8.58. The molecule has 1 fully saturated rings. The lowest BCUT2D eigenvalue weighted by molar-refractivity contribution is -0.115. The molecule has 0 unspecified atom stereocenters. The predicted molar refractivity (Wildman–Crippen MR) is 94.7 cm³/mol. The minimum atomic E-state index is -0.0549. The van der Waals surface area contributed by atoms with Crippen LogP contribution >= 0.6 is 0 Å². The van der Waals surface area contributed by atoms with E-state index in [1.165, 1.54) is 31.5 Å². The van der Waals surface area contributed by atoms with E-state index in [9.17, 15) is 4.79 Å². The lowest BCUT2D eigenvalue weighted by atomic mass is 10.2. The molecule has 128 valence electrons. The van der Waals surface area contributed by atoms with E-state index in [1.54, 1.807) is 6.26 Å². The highest BCUT2D eigenvalue weighted by atomic mass is 16.3. The second kappa shape index (κ2) is 8.13. The van der Waals surface area contributed by atoms with Crippen molar-refractivity contribution < 1.29 is 9.21 Å². The van der Waals surface area contributed by atoms with Crippen LogP contribution < -0.4 is 10.6 Å². The fraction of sp³-hybridized carbons (Fsp3) is 0.421. The van der Waals surface area contributed by atoms with Gasteiger partial charge in [0.15, 0.2) is 0 Å². The van der Waals surface area contributed by atoms with Gasteiger partial charge in [0.2, 0.25) is 5.91 Å². The van der Waals surface area contributed by atoms with Gasteiger partial charge in [0.25, 0.3) is 0 Å². The molecule has 1 aromatic heterocycles. The Morgan fingerprint density at radius 3 is 2.62 bits per heavy atom. The van der Waals surface area contributed by atoms with Gasteiger partial charge in [-0.3, -0.25) is 15.0 Å². The number of hydrogen-bond donors (Lipinski definition) is 2. The third-order valence-electron chi connectivity index (χ3n) is 4.38. The lowest BCUT2D eigenvalue weighted by Crippen LogP contribution is -2.29. The van der Waals surface area contributed by atoms with Gasteiger partial charge in [0.1, 0.15) is 5.76 Å². The topological polar surface area (TPSA) is 57.5 Å². The van der Waals surface area contributed by atoms with E-state index < -0.39 is 0 Å². The molecule has 1 aliphatic heterocycles. The zero-order chi connectivity index (χ0) is 16.8. The number of nitrogens with zero attached hydrogens (tertiary/aromatic N) is 1. The first-order chi connectivity index (χ1) is 11.7. The zero-order valence-electron chi connectivity index (χ0n) is 14.1. The van der Waals surface area contributed by atoms with Crippen molar-refractivity contribution in [3.05, 3.63) is 54.0 Å². The summed E-state index contributed by atoms with van der Waals surface area (Å²) in [4.78, 5) is 14.5. The van der Waals surface area contributed by atoms with Crippen LogP contribution in [-0.4, -0.2) is 30.4 Å². The second-order valence-electron chi connectivity index (χ2n) is 6.35. The summed E-state index contributed by atoms with van der Waals surface area (Å²) >= 11 is 0. The molecule has 0 spiro atoms. The summed E-state index contributed by atoms with van der Waals surface area (Å²) in [6.45, 7) is 5.60. The minimum absolute atomic E-state index is 0.00795. The highest BCUT2D eigenvalue weighted by Crippen LogP contribution is 2.15. The molecule has 3 rings (SSSR count). The number of benzene rings is 1. The largest absolute Gasteiger partial charge is 0.468 e. The Morgan fingerprint density at radius 1 is 1.21 bits per heavy atom. The van der Waals surface area contributed by atoms with Crippen molar-refractivity contribution in [1.82, 2.24) is 10.2 Å². The van der Waals surface area contributed by atoms with E-state index in [0.717, 1.165) is 18.0 Å². The lowest BCUT2D eigenvalue weighted by Gasteiger charge is -2.15. The summed E-state index contributed by atoms with van der Waals surface area (Å²) in [5, 5.41) is 6.07. The van der Waals surface area contributed by atoms with Gasteiger partial charge in [-0.05, 0) is 62.7 Å². The molecule has 2 aromatic rings. The molecule has 24 heavy (non-hydrogen) atoms. The standard InChI is InChI=1S/C19H25N3O2/c1-15(18-5-4-12-24-18)20-13-19(23)21-17-8-6-16(7-9-17)14-22-10-2-3-11-22/h4-9,12,15,20H,2-3,10-11,13-14H2,1H3,(H,21,23)/t15-/m1/s1. The Balaban J connectivity index is 1.44. The number of carbonyl (C=O) groups excluding carboxylic acids is 1. The van der Waals surface area contributed by atoms with E-state index in [2.05, 4.69) is 27.7 Å².